The van der Waals surface area contributed by atoms with E-state index in [1.54, 1.807) is 0 Å². The number of hydrogen-bond donors (Lipinski definition) is 2. The van der Waals surface area contributed by atoms with Gasteiger partial charge < -0.3 is 15.4 Å². The Morgan fingerprint density at radius 2 is 1.60 bits per heavy atom. The predicted octanol–water partition coefficient (Wildman–Crippen LogP) is 5.78. The Labute approximate surface area is 186 Å². The van der Waals surface area contributed by atoms with Crippen molar-refractivity contribution in [3.8, 4) is 5.75 Å². The Morgan fingerprint density at radius 3 is 2.13 bits per heavy atom. The first-order valence-corrected chi connectivity index (χ1v) is 11.1. The lowest BCUT2D eigenvalue weighted by atomic mass is 9.87. The van der Waals surface area contributed by atoms with Gasteiger partial charge in [0.15, 0.2) is 5.11 Å². The summed E-state index contributed by atoms with van der Waals surface area (Å²) in [5.74, 6) is 0.718. The zero-order valence-corrected chi connectivity index (χ0v) is 19.6. The van der Waals surface area contributed by atoms with Crippen molar-refractivity contribution in [3.63, 3.8) is 0 Å². The summed E-state index contributed by atoms with van der Waals surface area (Å²) >= 11 is 5.35. The molecule has 0 fully saturated rings. The third-order valence-corrected chi connectivity index (χ3v) is 5.23. The number of para-hydroxylation sites is 1. The summed E-state index contributed by atoms with van der Waals surface area (Å²) in [6.07, 6.45) is 2.79. The van der Waals surface area contributed by atoms with E-state index in [0.29, 0.717) is 24.6 Å². The Bertz CT molecular complexity index is 832. The topological polar surface area (TPSA) is 50.4 Å². The molecule has 2 aromatic carbocycles. The molecule has 0 saturated carbocycles. The minimum atomic E-state index is -0.105. The molecule has 0 atom stereocenters. The lowest BCUT2D eigenvalue weighted by molar-refractivity contribution is -0.119. The number of benzene rings is 2. The van der Waals surface area contributed by atoms with E-state index in [-0.39, 0.29) is 11.3 Å². The largest absolute Gasteiger partial charge is 0.494 e. The molecule has 0 unspecified atom stereocenters. The lowest BCUT2D eigenvalue weighted by Gasteiger charge is -2.19. The molecular weight excluding hydrogens is 392 g/mol. The van der Waals surface area contributed by atoms with Crippen LogP contribution in [0.25, 0.3) is 0 Å². The maximum atomic E-state index is 12.2. The van der Waals surface area contributed by atoms with Gasteiger partial charge >= 0.3 is 0 Å². The summed E-state index contributed by atoms with van der Waals surface area (Å²) in [6, 6.07) is 14.4. The fourth-order valence-electron chi connectivity index (χ4n) is 3.21. The average Bonchev–Trinajstić information content (AvgIpc) is 2.71. The zero-order chi connectivity index (χ0) is 22.1. The first-order chi connectivity index (χ1) is 14.2. The molecule has 2 aromatic rings. The Kier molecular flexibility index (Phi) is 8.85. The van der Waals surface area contributed by atoms with Gasteiger partial charge in [0.2, 0.25) is 5.91 Å². The van der Waals surface area contributed by atoms with Crippen LogP contribution >= 0.6 is 12.2 Å². The molecule has 0 aromatic heterocycles. The van der Waals surface area contributed by atoms with E-state index in [1.807, 2.05) is 12.1 Å². The molecule has 30 heavy (non-hydrogen) atoms. The standard InChI is InChI=1S/C25H34N2O2S/c1-6-18-10-8-11-19(7-2)23(18)27-24(30)26-22(28)12-9-17-29-21-15-13-20(14-16-21)25(3,4)5/h8,10-11,13-16H,6-7,9,12,17H2,1-5H3,(H2,26,27,28,30). The Morgan fingerprint density at radius 1 is 1.00 bits per heavy atom. The number of amides is 1. The monoisotopic (exact) mass is 426 g/mol. The summed E-state index contributed by atoms with van der Waals surface area (Å²) in [6.45, 7) is 11.3. The van der Waals surface area contributed by atoms with Gasteiger partial charge in [0, 0.05) is 12.1 Å². The minimum Gasteiger partial charge on any atom is -0.494 e. The number of thiocarbonyl (C=S) groups is 1. The molecule has 1 amide bonds. The van der Waals surface area contributed by atoms with Gasteiger partial charge in [-0.15, -0.1) is 0 Å². The second-order valence-electron chi connectivity index (χ2n) is 8.39. The number of hydrogen-bond acceptors (Lipinski definition) is 3. The van der Waals surface area contributed by atoms with E-state index in [4.69, 9.17) is 17.0 Å². The van der Waals surface area contributed by atoms with Crippen LogP contribution < -0.4 is 15.4 Å². The van der Waals surface area contributed by atoms with Crippen LogP contribution in [0.2, 0.25) is 0 Å². The number of nitrogens with one attached hydrogen (secondary N) is 2. The van der Waals surface area contributed by atoms with Crippen molar-refractivity contribution in [1.82, 2.24) is 5.32 Å². The van der Waals surface area contributed by atoms with E-state index >= 15 is 0 Å². The van der Waals surface area contributed by atoms with Crippen LogP contribution in [-0.4, -0.2) is 17.6 Å². The molecule has 0 aliphatic carbocycles. The second kappa shape index (κ2) is 11.1. The average molecular weight is 427 g/mol. The Hall–Kier alpha value is -2.40. The summed E-state index contributed by atoms with van der Waals surface area (Å²) < 4.78 is 5.76. The molecule has 0 saturated heterocycles. The third kappa shape index (κ3) is 7.13. The lowest BCUT2D eigenvalue weighted by Crippen LogP contribution is -2.34. The van der Waals surface area contributed by atoms with Gasteiger partial charge in [-0.1, -0.05) is 65.0 Å². The highest BCUT2D eigenvalue weighted by Gasteiger charge is 2.13. The fraction of sp³-hybridized carbons (Fsp3) is 0.440. The van der Waals surface area contributed by atoms with Crippen LogP contribution in [0.1, 0.15) is 64.2 Å². The fourth-order valence-corrected chi connectivity index (χ4v) is 3.43. The molecule has 0 heterocycles. The number of rotatable bonds is 8. The van der Waals surface area contributed by atoms with Crippen molar-refractivity contribution >= 4 is 28.9 Å². The molecule has 0 bridgehead atoms. The van der Waals surface area contributed by atoms with E-state index in [2.05, 4.69) is 75.6 Å². The summed E-state index contributed by atoms with van der Waals surface area (Å²) in [5, 5.41) is 6.34. The molecule has 4 nitrogen and oxygen atoms in total. The van der Waals surface area contributed by atoms with Crippen LogP contribution in [0.3, 0.4) is 0 Å². The quantitative estimate of drug-likeness (QED) is 0.415. The van der Waals surface area contributed by atoms with Crippen molar-refractivity contribution < 1.29 is 9.53 Å². The summed E-state index contributed by atoms with van der Waals surface area (Å²) in [5.41, 5.74) is 4.79. The highest BCUT2D eigenvalue weighted by atomic mass is 32.1. The van der Waals surface area contributed by atoms with Crippen LogP contribution in [0.5, 0.6) is 5.75 Å². The highest BCUT2D eigenvalue weighted by molar-refractivity contribution is 7.80. The number of aryl methyl sites for hydroxylation is 2. The van der Waals surface area contributed by atoms with Crippen molar-refractivity contribution in [2.45, 2.75) is 65.7 Å². The molecule has 0 aliphatic heterocycles. The maximum absolute atomic E-state index is 12.2. The molecule has 2 N–H and O–H groups in total. The molecule has 2 rings (SSSR count). The highest BCUT2D eigenvalue weighted by Crippen LogP contribution is 2.24. The number of ether oxygens (including phenoxy) is 1. The number of carbonyl (C=O) groups is 1. The second-order valence-corrected chi connectivity index (χ2v) is 8.80. The van der Waals surface area contributed by atoms with Gasteiger partial charge in [-0.2, -0.15) is 0 Å². The van der Waals surface area contributed by atoms with Crippen molar-refractivity contribution in [2.75, 3.05) is 11.9 Å². The molecular formula is C25H34N2O2S. The van der Waals surface area contributed by atoms with E-state index < -0.39 is 0 Å². The summed E-state index contributed by atoms with van der Waals surface area (Å²) in [7, 11) is 0. The molecule has 5 heteroatoms. The predicted molar refractivity (Wildman–Crippen MR) is 129 cm³/mol. The van der Waals surface area contributed by atoms with Gasteiger partial charge in [-0.05, 0) is 65.7 Å². The van der Waals surface area contributed by atoms with Crippen molar-refractivity contribution in [3.05, 3.63) is 59.2 Å². The SMILES string of the molecule is CCc1cccc(CC)c1NC(=S)NC(=O)CCCOc1ccc(C(C)(C)C)cc1. The maximum Gasteiger partial charge on any atom is 0.226 e. The van der Waals surface area contributed by atoms with Crippen LogP contribution in [-0.2, 0) is 23.1 Å². The van der Waals surface area contributed by atoms with Crippen LogP contribution in [0.15, 0.2) is 42.5 Å². The third-order valence-electron chi connectivity index (χ3n) is 5.03. The minimum absolute atomic E-state index is 0.105. The van der Waals surface area contributed by atoms with Crippen LogP contribution in [0.4, 0.5) is 5.69 Å². The van der Waals surface area contributed by atoms with Gasteiger partial charge in [0.1, 0.15) is 5.75 Å². The first-order valence-electron chi connectivity index (χ1n) is 10.7. The Balaban J connectivity index is 1.77. The zero-order valence-electron chi connectivity index (χ0n) is 18.8. The molecule has 162 valence electrons. The molecule has 0 spiro atoms. The number of carbonyl (C=O) groups excluding carboxylic acids is 1. The van der Waals surface area contributed by atoms with E-state index in [9.17, 15) is 4.79 Å². The molecule has 0 aliphatic rings. The van der Waals surface area contributed by atoms with E-state index in [1.165, 1.54) is 16.7 Å². The normalized spacial score (nSPS) is 11.1. The van der Waals surface area contributed by atoms with E-state index in [0.717, 1.165) is 24.3 Å². The van der Waals surface area contributed by atoms with Gasteiger partial charge in [-0.3, -0.25) is 4.79 Å². The summed E-state index contributed by atoms with van der Waals surface area (Å²) in [4.78, 5) is 12.2. The smallest absolute Gasteiger partial charge is 0.226 e. The first kappa shape index (κ1) is 23.9. The van der Waals surface area contributed by atoms with Gasteiger partial charge in [-0.25, -0.2) is 0 Å². The van der Waals surface area contributed by atoms with Gasteiger partial charge in [0.25, 0.3) is 0 Å². The van der Waals surface area contributed by atoms with Crippen molar-refractivity contribution in [2.24, 2.45) is 0 Å². The number of anilines is 1. The van der Waals surface area contributed by atoms with Gasteiger partial charge in [0.05, 0.1) is 6.61 Å². The van der Waals surface area contributed by atoms with Crippen LogP contribution in [0, 0.1) is 0 Å². The van der Waals surface area contributed by atoms with Crippen molar-refractivity contribution in [1.29, 1.82) is 0 Å². The molecule has 0 radical (unpaired) electrons.